The third kappa shape index (κ3) is 5.65. The first-order chi connectivity index (χ1) is 11.5. The van der Waals surface area contributed by atoms with E-state index >= 15 is 0 Å². The highest BCUT2D eigenvalue weighted by Crippen LogP contribution is 2.31. The maximum atomic E-state index is 12.0. The molecule has 2 fully saturated rings. The predicted molar refractivity (Wildman–Crippen MR) is 94.0 cm³/mol. The fraction of sp³-hybridized carbons (Fsp3) is 0.889. The summed E-state index contributed by atoms with van der Waals surface area (Å²) in [6.45, 7) is 5.86. The Bertz CT molecular complexity index is 424. The van der Waals surface area contributed by atoms with Gasteiger partial charge in [0, 0.05) is 18.6 Å². The lowest BCUT2D eigenvalue weighted by molar-refractivity contribution is -0.139. The summed E-state index contributed by atoms with van der Waals surface area (Å²) < 4.78 is 0. The lowest BCUT2D eigenvalue weighted by Gasteiger charge is -2.42. The number of likely N-dealkylation sites (N-methyl/N-ethyl adjacent to an activating group) is 1. The van der Waals surface area contributed by atoms with Crippen molar-refractivity contribution in [3.8, 4) is 0 Å². The van der Waals surface area contributed by atoms with Crippen LogP contribution in [-0.4, -0.2) is 53.7 Å². The number of rotatable bonds is 8. The highest BCUT2D eigenvalue weighted by atomic mass is 16.4. The number of nitrogens with zero attached hydrogens (tertiary/aromatic N) is 1. The van der Waals surface area contributed by atoms with E-state index in [0.717, 1.165) is 44.2 Å². The van der Waals surface area contributed by atoms with Crippen molar-refractivity contribution in [1.82, 2.24) is 15.5 Å². The van der Waals surface area contributed by atoms with E-state index in [-0.39, 0.29) is 24.7 Å². The molecular formula is C18H33N3O3. The molecule has 2 aliphatic carbocycles. The lowest BCUT2D eigenvalue weighted by Crippen LogP contribution is -2.56. The van der Waals surface area contributed by atoms with Crippen LogP contribution >= 0.6 is 0 Å². The largest absolute Gasteiger partial charge is 0.480 e. The smallest absolute Gasteiger partial charge is 0.317 e. The summed E-state index contributed by atoms with van der Waals surface area (Å²) in [7, 11) is 0. The van der Waals surface area contributed by atoms with Crippen molar-refractivity contribution in [2.45, 2.75) is 70.9 Å². The maximum absolute atomic E-state index is 12.0. The van der Waals surface area contributed by atoms with Crippen molar-refractivity contribution in [3.63, 3.8) is 0 Å². The van der Waals surface area contributed by atoms with Gasteiger partial charge in [0.1, 0.15) is 0 Å². The van der Waals surface area contributed by atoms with Gasteiger partial charge in [0.25, 0.3) is 0 Å². The van der Waals surface area contributed by atoms with E-state index in [0.29, 0.717) is 0 Å². The number of carbonyl (C=O) groups excluding carboxylic acids is 1. The molecule has 6 nitrogen and oxygen atoms in total. The third-order valence-electron chi connectivity index (χ3n) is 5.80. The standard InChI is InChI=1S/C18H33N3O3/c1-3-21(12-17(22)23)16-10-15(11-16)20-18(24)19-9-8-14-7-5-4-6-13(14)2/h13-16H,3-12H2,1-2H3,(H,22,23)(H2,19,20,24). The van der Waals surface area contributed by atoms with Crippen LogP contribution in [0.5, 0.6) is 0 Å². The molecule has 0 aliphatic heterocycles. The molecule has 2 unspecified atom stereocenters. The quantitative estimate of drug-likeness (QED) is 0.634. The summed E-state index contributed by atoms with van der Waals surface area (Å²) in [5.41, 5.74) is 0. The SMILES string of the molecule is CCN(CC(=O)O)C1CC(NC(=O)NCCC2CCCCC2C)C1. The number of hydrogen-bond acceptors (Lipinski definition) is 3. The van der Waals surface area contributed by atoms with Crippen LogP contribution in [0.2, 0.25) is 0 Å². The minimum Gasteiger partial charge on any atom is -0.480 e. The summed E-state index contributed by atoms with van der Waals surface area (Å²) in [6.07, 6.45) is 8.06. The second-order valence-corrected chi connectivity index (χ2v) is 7.49. The Morgan fingerprint density at radius 2 is 1.92 bits per heavy atom. The minimum absolute atomic E-state index is 0.0804. The topological polar surface area (TPSA) is 81.7 Å². The highest BCUT2D eigenvalue weighted by molar-refractivity contribution is 5.74. The molecule has 2 atom stereocenters. The first-order valence-electron chi connectivity index (χ1n) is 9.49. The normalized spacial score (nSPS) is 29.8. The number of carbonyl (C=O) groups is 2. The summed E-state index contributed by atoms with van der Waals surface area (Å²) in [4.78, 5) is 24.7. The predicted octanol–water partition coefficient (Wildman–Crippen LogP) is 2.44. The zero-order valence-electron chi connectivity index (χ0n) is 15.1. The molecule has 0 aromatic heterocycles. The van der Waals surface area contributed by atoms with Gasteiger partial charge in [0.05, 0.1) is 6.54 Å². The van der Waals surface area contributed by atoms with Gasteiger partial charge in [0.2, 0.25) is 0 Å². The molecule has 24 heavy (non-hydrogen) atoms. The Morgan fingerprint density at radius 1 is 1.21 bits per heavy atom. The van der Waals surface area contributed by atoms with Crippen LogP contribution in [0, 0.1) is 11.8 Å². The molecule has 2 saturated carbocycles. The van der Waals surface area contributed by atoms with Gasteiger partial charge in [0.15, 0.2) is 0 Å². The van der Waals surface area contributed by atoms with E-state index < -0.39 is 5.97 Å². The van der Waals surface area contributed by atoms with E-state index in [4.69, 9.17) is 5.11 Å². The van der Waals surface area contributed by atoms with E-state index in [1.807, 2.05) is 11.8 Å². The molecule has 138 valence electrons. The number of nitrogens with one attached hydrogen (secondary N) is 2. The van der Waals surface area contributed by atoms with Crippen LogP contribution in [0.15, 0.2) is 0 Å². The second kappa shape index (κ2) is 9.25. The molecule has 2 amide bonds. The molecule has 0 saturated heterocycles. The van der Waals surface area contributed by atoms with E-state index in [1.165, 1.54) is 25.7 Å². The Balaban J connectivity index is 1.58. The first kappa shape index (κ1) is 19.0. The number of carboxylic acid groups (broad SMARTS) is 1. The van der Waals surface area contributed by atoms with Gasteiger partial charge in [-0.15, -0.1) is 0 Å². The van der Waals surface area contributed by atoms with E-state index in [2.05, 4.69) is 17.6 Å². The monoisotopic (exact) mass is 339 g/mol. The van der Waals surface area contributed by atoms with Crippen molar-refractivity contribution < 1.29 is 14.7 Å². The number of carboxylic acids is 1. The Labute approximate surface area is 145 Å². The van der Waals surface area contributed by atoms with E-state index in [1.54, 1.807) is 0 Å². The van der Waals surface area contributed by atoms with Crippen molar-refractivity contribution in [1.29, 1.82) is 0 Å². The molecule has 2 aliphatic rings. The van der Waals surface area contributed by atoms with Gasteiger partial charge in [-0.3, -0.25) is 9.69 Å². The number of amides is 2. The lowest BCUT2D eigenvalue weighted by atomic mass is 9.79. The maximum Gasteiger partial charge on any atom is 0.317 e. The molecule has 0 spiro atoms. The fourth-order valence-corrected chi connectivity index (χ4v) is 4.11. The number of hydrogen-bond donors (Lipinski definition) is 3. The molecule has 0 bridgehead atoms. The van der Waals surface area contributed by atoms with Crippen LogP contribution in [0.3, 0.4) is 0 Å². The van der Waals surface area contributed by atoms with Crippen LogP contribution in [-0.2, 0) is 4.79 Å². The van der Waals surface area contributed by atoms with Gasteiger partial charge >= 0.3 is 12.0 Å². The zero-order valence-corrected chi connectivity index (χ0v) is 15.1. The van der Waals surface area contributed by atoms with Gasteiger partial charge < -0.3 is 15.7 Å². The van der Waals surface area contributed by atoms with Crippen LogP contribution in [0.4, 0.5) is 4.79 Å². The average molecular weight is 339 g/mol. The number of aliphatic carboxylic acids is 1. The summed E-state index contributed by atoms with van der Waals surface area (Å²) in [6, 6.07) is 0.370. The fourth-order valence-electron chi connectivity index (χ4n) is 4.11. The summed E-state index contributed by atoms with van der Waals surface area (Å²) in [5, 5.41) is 14.9. The van der Waals surface area contributed by atoms with Crippen molar-refractivity contribution in [3.05, 3.63) is 0 Å². The molecule has 0 radical (unpaired) electrons. The third-order valence-corrected chi connectivity index (χ3v) is 5.80. The van der Waals surface area contributed by atoms with Gasteiger partial charge in [-0.1, -0.05) is 39.5 Å². The minimum atomic E-state index is -0.789. The van der Waals surface area contributed by atoms with Crippen LogP contribution < -0.4 is 10.6 Å². The molecule has 0 heterocycles. The Morgan fingerprint density at radius 3 is 2.54 bits per heavy atom. The molecule has 0 aromatic rings. The van der Waals surface area contributed by atoms with Gasteiger partial charge in [-0.25, -0.2) is 4.79 Å². The Kier molecular flexibility index (Phi) is 7.34. The second-order valence-electron chi connectivity index (χ2n) is 7.49. The van der Waals surface area contributed by atoms with Gasteiger partial charge in [-0.05, 0) is 37.6 Å². The molecule has 3 N–H and O–H groups in total. The van der Waals surface area contributed by atoms with Crippen molar-refractivity contribution >= 4 is 12.0 Å². The number of urea groups is 1. The van der Waals surface area contributed by atoms with Crippen LogP contribution in [0.1, 0.15) is 58.8 Å². The van der Waals surface area contributed by atoms with Crippen molar-refractivity contribution in [2.75, 3.05) is 19.6 Å². The van der Waals surface area contributed by atoms with Crippen molar-refractivity contribution in [2.24, 2.45) is 11.8 Å². The Hall–Kier alpha value is -1.30. The van der Waals surface area contributed by atoms with E-state index in [9.17, 15) is 9.59 Å². The molecule has 2 rings (SSSR count). The molecular weight excluding hydrogens is 306 g/mol. The first-order valence-corrected chi connectivity index (χ1v) is 9.49. The zero-order chi connectivity index (χ0) is 17.5. The molecule has 6 heteroatoms. The summed E-state index contributed by atoms with van der Waals surface area (Å²) in [5.74, 6) is 0.745. The average Bonchev–Trinajstić information content (AvgIpc) is 2.50. The summed E-state index contributed by atoms with van der Waals surface area (Å²) >= 11 is 0. The molecule has 0 aromatic carbocycles. The highest BCUT2D eigenvalue weighted by Gasteiger charge is 2.34. The van der Waals surface area contributed by atoms with Gasteiger partial charge in [-0.2, -0.15) is 0 Å². The van der Waals surface area contributed by atoms with Crippen LogP contribution in [0.25, 0.3) is 0 Å².